The van der Waals surface area contributed by atoms with E-state index in [4.69, 9.17) is 5.11 Å². The highest BCUT2D eigenvalue weighted by Gasteiger charge is 2.06. The van der Waals surface area contributed by atoms with Crippen molar-refractivity contribution in [1.82, 2.24) is 0 Å². The van der Waals surface area contributed by atoms with Crippen LogP contribution in [0.4, 0.5) is 5.69 Å². The number of aliphatic carboxylic acids is 1. The number of carboxylic acids is 1. The lowest BCUT2D eigenvalue weighted by molar-refractivity contribution is -0.137. The number of halogens is 1. The molecule has 1 aromatic rings. The van der Waals surface area contributed by atoms with E-state index >= 15 is 0 Å². The molecule has 4 nitrogen and oxygen atoms in total. The maximum atomic E-state index is 11.6. The molecule has 0 aliphatic heterocycles. The number of rotatable bonds is 6. The first-order valence-electron chi connectivity index (χ1n) is 5.77. The van der Waals surface area contributed by atoms with Gasteiger partial charge in [-0.05, 0) is 53.4 Å². The zero-order valence-corrected chi connectivity index (χ0v) is 11.8. The van der Waals surface area contributed by atoms with E-state index in [1.165, 1.54) is 0 Å². The van der Waals surface area contributed by atoms with Gasteiger partial charge in [0.1, 0.15) is 0 Å². The van der Waals surface area contributed by atoms with Crippen LogP contribution < -0.4 is 5.32 Å². The van der Waals surface area contributed by atoms with Gasteiger partial charge in [-0.15, -0.1) is 0 Å². The largest absolute Gasteiger partial charge is 0.481 e. The van der Waals surface area contributed by atoms with E-state index in [2.05, 4.69) is 21.2 Å². The summed E-state index contributed by atoms with van der Waals surface area (Å²) >= 11 is 3.37. The summed E-state index contributed by atoms with van der Waals surface area (Å²) in [5.41, 5.74) is 1.82. The summed E-state index contributed by atoms with van der Waals surface area (Å²) < 4.78 is 0.840. The van der Waals surface area contributed by atoms with Crippen LogP contribution in [0.1, 0.15) is 31.2 Å². The third kappa shape index (κ3) is 5.31. The molecule has 1 rings (SSSR count). The summed E-state index contributed by atoms with van der Waals surface area (Å²) in [6.07, 6.45) is 1.56. The molecule has 18 heavy (non-hydrogen) atoms. The number of carboxylic acid groups (broad SMARTS) is 1. The van der Waals surface area contributed by atoms with Crippen molar-refractivity contribution in [3.05, 3.63) is 28.2 Å². The number of carbonyl (C=O) groups excluding carboxylic acids is 1. The van der Waals surface area contributed by atoms with Crippen molar-refractivity contribution in [1.29, 1.82) is 0 Å². The minimum absolute atomic E-state index is 0.0910. The molecule has 0 radical (unpaired) electrons. The monoisotopic (exact) mass is 313 g/mol. The summed E-state index contributed by atoms with van der Waals surface area (Å²) in [5.74, 6) is -0.913. The van der Waals surface area contributed by atoms with Crippen LogP contribution in [0, 0.1) is 6.92 Å². The second-order valence-electron chi connectivity index (χ2n) is 4.13. The maximum Gasteiger partial charge on any atom is 0.303 e. The minimum Gasteiger partial charge on any atom is -0.481 e. The van der Waals surface area contributed by atoms with E-state index < -0.39 is 5.97 Å². The van der Waals surface area contributed by atoms with E-state index in [1.54, 1.807) is 0 Å². The lowest BCUT2D eigenvalue weighted by Crippen LogP contribution is -2.11. The van der Waals surface area contributed by atoms with Crippen LogP contribution in [0.3, 0.4) is 0 Å². The van der Waals surface area contributed by atoms with Gasteiger partial charge in [0.15, 0.2) is 0 Å². The zero-order valence-electron chi connectivity index (χ0n) is 10.2. The first-order chi connectivity index (χ1) is 8.49. The number of unbranched alkanes of at least 4 members (excludes halogenated alkanes) is 1. The first kappa shape index (κ1) is 14.7. The molecular formula is C13H16BrNO3. The molecule has 0 heterocycles. The van der Waals surface area contributed by atoms with Crippen LogP contribution in [-0.2, 0) is 9.59 Å². The number of benzene rings is 1. The number of amides is 1. The minimum atomic E-state index is -0.822. The molecule has 0 aliphatic rings. The van der Waals surface area contributed by atoms with E-state index in [0.717, 1.165) is 15.7 Å². The average molecular weight is 314 g/mol. The number of aryl methyl sites for hydroxylation is 1. The second-order valence-corrected chi connectivity index (χ2v) is 4.99. The van der Waals surface area contributed by atoms with Gasteiger partial charge in [-0.3, -0.25) is 9.59 Å². The Morgan fingerprint density at radius 3 is 2.61 bits per heavy atom. The molecule has 98 valence electrons. The first-order valence-corrected chi connectivity index (χ1v) is 6.56. The van der Waals surface area contributed by atoms with Gasteiger partial charge in [-0.1, -0.05) is 6.07 Å². The molecule has 0 bridgehead atoms. The molecule has 1 aromatic carbocycles. The summed E-state index contributed by atoms with van der Waals surface area (Å²) in [6, 6.07) is 5.72. The van der Waals surface area contributed by atoms with Crippen molar-refractivity contribution in [2.45, 2.75) is 32.6 Å². The molecule has 0 atom stereocenters. The third-order valence-electron chi connectivity index (χ3n) is 2.44. The topological polar surface area (TPSA) is 66.4 Å². The zero-order chi connectivity index (χ0) is 13.5. The highest BCUT2D eigenvalue weighted by molar-refractivity contribution is 9.10. The van der Waals surface area contributed by atoms with Gasteiger partial charge in [0.25, 0.3) is 0 Å². The van der Waals surface area contributed by atoms with Crippen molar-refractivity contribution in [3.8, 4) is 0 Å². The lowest BCUT2D eigenvalue weighted by Gasteiger charge is -2.08. The molecule has 1 amide bonds. The average Bonchev–Trinajstić information content (AvgIpc) is 2.29. The smallest absolute Gasteiger partial charge is 0.303 e. The second kappa shape index (κ2) is 7.16. The number of nitrogens with one attached hydrogen (secondary N) is 1. The molecule has 0 spiro atoms. The summed E-state index contributed by atoms with van der Waals surface area (Å²) in [5, 5.41) is 11.3. The van der Waals surface area contributed by atoms with Gasteiger partial charge in [-0.25, -0.2) is 0 Å². The number of hydrogen-bond acceptors (Lipinski definition) is 2. The third-order valence-corrected chi connectivity index (χ3v) is 3.13. The van der Waals surface area contributed by atoms with E-state index in [9.17, 15) is 9.59 Å². The van der Waals surface area contributed by atoms with Crippen LogP contribution in [-0.4, -0.2) is 17.0 Å². The molecule has 0 saturated heterocycles. The number of carbonyl (C=O) groups is 2. The van der Waals surface area contributed by atoms with Gasteiger partial charge in [-0.2, -0.15) is 0 Å². The molecule has 0 aromatic heterocycles. The van der Waals surface area contributed by atoms with Crippen LogP contribution >= 0.6 is 15.9 Å². The highest BCUT2D eigenvalue weighted by Crippen LogP contribution is 2.23. The Kier molecular flexibility index (Phi) is 5.85. The van der Waals surface area contributed by atoms with Crippen molar-refractivity contribution in [2.24, 2.45) is 0 Å². The molecule has 2 N–H and O–H groups in total. The summed E-state index contributed by atoms with van der Waals surface area (Å²) in [7, 11) is 0. The molecule has 0 unspecified atom stereocenters. The van der Waals surface area contributed by atoms with Crippen LogP contribution in [0.25, 0.3) is 0 Å². The SMILES string of the molecule is Cc1ccc(Br)c(NC(=O)CCCCC(=O)O)c1. The fraction of sp³-hybridized carbons (Fsp3) is 0.385. The standard InChI is InChI=1S/C13H16BrNO3/c1-9-6-7-10(14)11(8-9)15-12(16)4-2-3-5-13(17)18/h6-8H,2-5H2,1H3,(H,15,16)(H,17,18). The normalized spacial score (nSPS) is 10.1. The van der Waals surface area contributed by atoms with E-state index in [0.29, 0.717) is 19.3 Å². The van der Waals surface area contributed by atoms with Gasteiger partial charge in [0.05, 0.1) is 5.69 Å². The molecular weight excluding hydrogens is 298 g/mol. The molecule has 0 saturated carbocycles. The van der Waals surface area contributed by atoms with Crippen LogP contribution in [0.2, 0.25) is 0 Å². The fourth-order valence-corrected chi connectivity index (χ4v) is 1.86. The van der Waals surface area contributed by atoms with E-state index in [1.807, 2.05) is 25.1 Å². The van der Waals surface area contributed by atoms with Gasteiger partial charge in [0, 0.05) is 17.3 Å². The number of anilines is 1. The summed E-state index contributed by atoms with van der Waals surface area (Å²) in [6.45, 7) is 1.95. The van der Waals surface area contributed by atoms with Crippen molar-refractivity contribution >= 4 is 33.5 Å². The predicted molar refractivity (Wildman–Crippen MR) is 73.6 cm³/mol. The Hall–Kier alpha value is -1.36. The maximum absolute atomic E-state index is 11.6. The van der Waals surface area contributed by atoms with Crippen molar-refractivity contribution < 1.29 is 14.7 Å². The quantitative estimate of drug-likeness (QED) is 0.791. The van der Waals surface area contributed by atoms with Gasteiger partial charge >= 0.3 is 5.97 Å². The van der Waals surface area contributed by atoms with E-state index in [-0.39, 0.29) is 12.3 Å². The van der Waals surface area contributed by atoms with Crippen LogP contribution in [0.5, 0.6) is 0 Å². The molecule has 5 heteroatoms. The van der Waals surface area contributed by atoms with Gasteiger partial charge in [0.2, 0.25) is 5.91 Å². The van der Waals surface area contributed by atoms with Crippen molar-refractivity contribution in [2.75, 3.05) is 5.32 Å². The van der Waals surface area contributed by atoms with Gasteiger partial charge < -0.3 is 10.4 Å². The number of hydrogen-bond donors (Lipinski definition) is 2. The Morgan fingerprint density at radius 2 is 1.94 bits per heavy atom. The van der Waals surface area contributed by atoms with Crippen molar-refractivity contribution in [3.63, 3.8) is 0 Å². The predicted octanol–water partition coefficient (Wildman–Crippen LogP) is 3.34. The fourth-order valence-electron chi connectivity index (χ4n) is 1.51. The Labute approximate surface area is 115 Å². The summed E-state index contributed by atoms with van der Waals surface area (Å²) in [4.78, 5) is 22.0. The molecule has 0 aliphatic carbocycles. The Bertz CT molecular complexity index is 446. The van der Waals surface area contributed by atoms with Crippen LogP contribution in [0.15, 0.2) is 22.7 Å². The lowest BCUT2D eigenvalue weighted by atomic mass is 10.2. The Morgan fingerprint density at radius 1 is 1.28 bits per heavy atom. The molecule has 0 fully saturated rings. The highest BCUT2D eigenvalue weighted by atomic mass is 79.9. The Balaban J connectivity index is 2.40.